The Morgan fingerprint density at radius 1 is 1.29 bits per heavy atom. The van der Waals surface area contributed by atoms with Gasteiger partial charge in [-0.15, -0.1) is 0 Å². The SMILES string of the molecule is CNC1CCN(C(C)(C)C)CC1(C)C. The van der Waals surface area contributed by atoms with Crippen molar-refractivity contribution < 1.29 is 0 Å². The van der Waals surface area contributed by atoms with Crippen molar-refractivity contribution in [3.8, 4) is 0 Å². The highest BCUT2D eigenvalue weighted by atomic mass is 15.2. The highest BCUT2D eigenvalue weighted by Gasteiger charge is 2.38. The van der Waals surface area contributed by atoms with Crippen molar-refractivity contribution in [1.82, 2.24) is 10.2 Å². The zero-order valence-corrected chi connectivity index (χ0v) is 10.6. The Hall–Kier alpha value is -0.0800. The second kappa shape index (κ2) is 3.82. The first-order valence-corrected chi connectivity index (χ1v) is 5.70. The molecular formula is C12H26N2. The normalized spacial score (nSPS) is 29.1. The van der Waals surface area contributed by atoms with Crippen LogP contribution < -0.4 is 5.32 Å². The van der Waals surface area contributed by atoms with E-state index in [1.54, 1.807) is 0 Å². The standard InChI is InChI=1S/C12H26N2/c1-11(2,3)14-8-7-10(13-6)12(4,5)9-14/h10,13H,7-9H2,1-6H3. The second-order valence-corrected chi connectivity index (χ2v) is 6.21. The van der Waals surface area contributed by atoms with Crippen molar-refractivity contribution in [1.29, 1.82) is 0 Å². The molecule has 1 rings (SSSR count). The zero-order valence-electron chi connectivity index (χ0n) is 10.6. The molecule has 1 unspecified atom stereocenters. The van der Waals surface area contributed by atoms with Gasteiger partial charge in [0.25, 0.3) is 0 Å². The molecule has 14 heavy (non-hydrogen) atoms. The molecule has 0 spiro atoms. The Balaban J connectivity index is 2.67. The molecule has 0 aromatic carbocycles. The molecule has 0 amide bonds. The van der Waals surface area contributed by atoms with E-state index in [0.717, 1.165) is 0 Å². The van der Waals surface area contributed by atoms with Crippen molar-refractivity contribution >= 4 is 0 Å². The molecule has 1 N–H and O–H groups in total. The Kier molecular flexibility index (Phi) is 3.27. The van der Waals surface area contributed by atoms with Crippen molar-refractivity contribution in [2.24, 2.45) is 5.41 Å². The first kappa shape index (κ1) is 12.0. The van der Waals surface area contributed by atoms with Crippen molar-refractivity contribution in [3.63, 3.8) is 0 Å². The fourth-order valence-corrected chi connectivity index (χ4v) is 2.46. The van der Waals surface area contributed by atoms with Crippen LogP contribution in [0.4, 0.5) is 0 Å². The Labute approximate surface area is 89.1 Å². The first-order valence-electron chi connectivity index (χ1n) is 5.70. The molecule has 0 aromatic rings. The third kappa shape index (κ3) is 2.48. The molecule has 0 aliphatic carbocycles. The number of hydrogen-bond donors (Lipinski definition) is 1. The van der Waals surface area contributed by atoms with Gasteiger partial charge in [-0.25, -0.2) is 0 Å². The van der Waals surface area contributed by atoms with E-state index in [4.69, 9.17) is 0 Å². The highest BCUT2D eigenvalue weighted by molar-refractivity contribution is 4.94. The van der Waals surface area contributed by atoms with Gasteiger partial charge in [0.2, 0.25) is 0 Å². The van der Waals surface area contributed by atoms with E-state index in [0.29, 0.717) is 17.0 Å². The van der Waals surface area contributed by atoms with Crippen LogP contribution in [0.5, 0.6) is 0 Å². The predicted octanol–water partition coefficient (Wildman–Crippen LogP) is 2.10. The maximum atomic E-state index is 3.44. The summed E-state index contributed by atoms with van der Waals surface area (Å²) in [6.07, 6.45) is 1.26. The van der Waals surface area contributed by atoms with Crippen molar-refractivity contribution in [3.05, 3.63) is 0 Å². The van der Waals surface area contributed by atoms with Crippen molar-refractivity contribution in [2.75, 3.05) is 20.1 Å². The number of rotatable bonds is 1. The van der Waals surface area contributed by atoms with E-state index in [-0.39, 0.29) is 0 Å². The lowest BCUT2D eigenvalue weighted by Gasteiger charge is -2.49. The summed E-state index contributed by atoms with van der Waals surface area (Å²) < 4.78 is 0. The minimum absolute atomic E-state index is 0.315. The minimum atomic E-state index is 0.315. The van der Waals surface area contributed by atoms with Gasteiger partial charge in [0.15, 0.2) is 0 Å². The maximum Gasteiger partial charge on any atom is 0.0140 e. The van der Waals surface area contributed by atoms with Gasteiger partial charge in [-0.1, -0.05) is 13.8 Å². The number of hydrogen-bond acceptors (Lipinski definition) is 2. The molecule has 2 heteroatoms. The van der Waals surface area contributed by atoms with Crippen LogP contribution in [-0.2, 0) is 0 Å². The van der Waals surface area contributed by atoms with Crippen LogP contribution in [0.3, 0.4) is 0 Å². The van der Waals surface area contributed by atoms with Gasteiger partial charge in [0.05, 0.1) is 0 Å². The lowest BCUT2D eigenvalue weighted by Crippen LogP contribution is -2.58. The van der Waals surface area contributed by atoms with Gasteiger partial charge >= 0.3 is 0 Å². The van der Waals surface area contributed by atoms with E-state index in [1.807, 2.05) is 0 Å². The third-order valence-corrected chi connectivity index (χ3v) is 3.53. The van der Waals surface area contributed by atoms with E-state index >= 15 is 0 Å². The zero-order chi connectivity index (χ0) is 11.0. The Bertz CT molecular complexity index is 191. The summed E-state index contributed by atoms with van der Waals surface area (Å²) in [6, 6.07) is 0.668. The lowest BCUT2D eigenvalue weighted by atomic mass is 9.78. The molecule has 1 saturated heterocycles. The van der Waals surface area contributed by atoms with Crippen LogP contribution >= 0.6 is 0 Å². The Morgan fingerprint density at radius 3 is 2.21 bits per heavy atom. The maximum absolute atomic E-state index is 3.44. The van der Waals surface area contributed by atoms with Crippen LogP contribution in [0.15, 0.2) is 0 Å². The predicted molar refractivity (Wildman–Crippen MR) is 62.6 cm³/mol. The average Bonchev–Trinajstić information content (AvgIpc) is 2.00. The summed E-state index contributed by atoms with van der Waals surface area (Å²) in [4.78, 5) is 2.60. The van der Waals surface area contributed by atoms with Gasteiger partial charge in [-0.05, 0) is 39.7 Å². The monoisotopic (exact) mass is 198 g/mol. The molecule has 0 aromatic heterocycles. The summed E-state index contributed by atoms with van der Waals surface area (Å²) in [5, 5.41) is 3.44. The fourth-order valence-electron chi connectivity index (χ4n) is 2.46. The molecule has 1 aliphatic heterocycles. The molecule has 0 radical (unpaired) electrons. The van der Waals surface area contributed by atoms with Crippen LogP contribution in [0.1, 0.15) is 41.0 Å². The Morgan fingerprint density at radius 2 is 1.86 bits per heavy atom. The van der Waals surface area contributed by atoms with Gasteiger partial charge in [-0.3, -0.25) is 4.90 Å². The smallest absolute Gasteiger partial charge is 0.0140 e. The van der Waals surface area contributed by atoms with Crippen LogP contribution in [0, 0.1) is 5.41 Å². The lowest BCUT2D eigenvalue weighted by molar-refractivity contribution is 0.0215. The molecule has 1 aliphatic rings. The summed E-state index contributed by atoms with van der Waals surface area (Å²) in [5.74, 6) is 0. The minimum Gasteiger partial charge on any atom is -0.316 e. The van der Waals surface area contributed by atoms with Crippen LogP contribution in [0.25, 0.3) is 0 Å². The van der Waals surface area contributed by atoms with E-state index in [9.17, 15) is 0 Å². The molecule has 1 fully saturated rings. The number of likely N-dealkylation sites (tertiary alicyclic amines) is 1. The molecule has 2 nitrogen and oxygen atoms in total. The fraction of sp³-hybridized carbons (Fsp3) is 1.00. The highest BCUT2D eigenvalue weighted by Crippen LogP contribution is 2.32. The van der Waals surface area contributed by atoms with E-state index in [2.05, 4.69) is 51.9 Å². The molecule has 0 saturated carbocycles. The first-order chi connectivity index (χ1) is 6.27. The summed E-state index contributed by atoms with van der Waals surface area (Å²) in [7, 11) is 2.08. The van der Waals surface area contributed by atoms with Gasteiger partial charge in [0, 0.05) is 24.7 Å². The van der Waals surface area contributed by atoms with Gasteiger partial charge < -0.3 is 5.32 Å². The molecule has 0 bridgehead atoms. The molecular weight excluding hydrogens is 172 g/mol. The third-order valence-electron chi connectivity index (χ3n) is 3.53. The van der Waals surface area contributed by atoms with Gasteiger partial charge in [-0.2, -0.15) is 0 Å². The van der Waals surface area contributed by atoms with Crippen LogP contribution in [0.2, 0.25) is 0 Å². The molecule has 84 valence electrons. The summed E-state index contributed by atoms with van der Waals surface area (Å²) in [5.41, 5.74) is 0.705. The quantitative estimate of drug-likeness (QED) is 0.694. The summed E-state index contributed by atoms with van der Waals surface area (Å²) in [6.45, 7) is 14.1. The van der Waals surface area contributed by atoms with Crippen molar-refractivity contribution in [2.45, 2.75) is 52.6 Å². The van der Waals surface area contributed by atoms with Crippen LogP contribution in [-0.4, -0.2) is 36.6 Å². The van der Waals surface area contributed by atoms with Gasteiger partial charge in [0.1, 0.15) is 0 Å². The largest absolute Gasteiger partial charge is 0.316 e. The molecule has 1 atom stereocenters. The number of piperidine rings is 1. The average molecular weight is 198 g/mol. The summed E-state index contributed by atoms with van der Waals surface area (Å²) >= 11 is 0. The number of nitrogens with one attached hydrogen (secondary N) is 1. The second-order valence-electron chi connectivity index (χ2n) is 6.21. The van der Waals surface area contributed by atoms with E-state index in [1.165, 1.54) is 19.5 Å². The topological polar surface area (TPSA) is 15.3 Å². The number of nitrogens with zero attached hydrogens (tertiary/aromatic N) is 1. The molecule has 1 heterocycles. The van der Waals surface area contributed by atoms with E-state index < -0.39 is 0 Å².